The number of thioether (sulfide) groups is 1. The molecule has 29 heavy (non-hydrogen) atoms. The molecule has 0 amide bonds. The molecule has 0 fully saturated rings. The fraction of sp³-hybridized carbons (Fsp3) is 0.263. The molecule has 2 aromatic heterocycles. The van der Waals surface area contributed by atoms with Gasteiger partial charge in [-0.2, -0.15) is 0 Å². The smallest absolute Gasteiger partial charge is 0.244 e. The fourth-order valence-corrected chi connectivity index (χ4v) is 4.94. The van der Waals surface area contributed by atoms with Crippen LogP contribution in [0.15, 0.2) is 51.8 Å². The van der Waals surface area contributed by atoms with Gasteiger partial charge in [0.25, 0.3) is 0 Å². The zero-order valence-electron chi connectivity index (χ0n) is 16.4. The Morgan fingerprint density at radius 2 is 1.86 bits per heavy atom. The summed E-state index contributed by atoms with van der Waals surface area (Å²) in [6.07, 6.45) is 1.38. The van der Waals surface area contributed by atoms with Crippen LogP contribution in [0.2, 0.25) is 0 Å². The highest BCUT2D eigenvalue weighted by Crippen LogP contribution is 2.34. The number of methoxy groups -OCH3 is 2. The summed E-state index contributed by atoms with van der Waals surface area (Å²) in [5, 5.41) is 3.63. The monoisotopic (exact) mass is 451 g/mol. The van der Waals surface area contributed by atoms with Gasteiger partial charge in [-0.1, -0.05) is 0 Å². The average molecular weight is 452 g/mol. The molecule has 3 rings (SSSR count). The van der Waals surface area contributed by atoms with Gasteiger partial charge in [0.2, 0.25) is 10.0 Å². The van der Waals surface area contributed by atoms with Gasteiger partial charge in [-0.25, -0.2) is 22.7 Å². The van der Waals surface area contributed by atoms with Crippen molar-refractivity contribution in [2.24, 2.45) is 0 Å². The molecule has 7 nitrogen and oxygen atoms in total. The van der Waals surface area contributed by atoms with Gasteiger partial charge in [-0.3, -0.25) is 0 Å². The van der Waals surface area contributed by atoms with Crippen LogP contribution in [0.3, 0.4) is 0 Å². The Balaban J connectivity index is 1.68. The van der Waals surface area contributed by atoms with Crippen LogP contribution in [0, 0.1) is 0 Å². The Hall–Kier alpha value is -2.14. The van der Waals surface area contributed by atoms with Crippen LogP contribution in [0.25, 0.3) is 10.6 Å². The van der Waals surface area contributed by atoms with E-state index in [-0.39, 0.29) is 4.90 Å². The number of nitrogens with zero attached hydrogens (tertiary/aromatic N) is 3. The molecule has 0 aliphatic carbocycles. The van der Waals surface area contributed by atoms with E-state index in [2.05, 4.69) is 9.97 Å². The lowest BCUT2D eigenvalue weighted by Crippen LogP contribution is -2.22. The lowest BCUT2D eigenvalue weighted by molar-refractivity contribution is 0.355. The molecule has 3 aromatic rings. The van der Waals surface area contributed by atoms with Crippen molar-refractivity contribution in [3.05, 3.63) is 47.6 Å². The summed E-state index contributed by atoms with van der Waals surface area (Å²) < 4.78 is 36.0. The molecule has 0 radical (unpaired) electrons. The Morgan fingerprint density at radius 3 is 2.48 bits per heavy atom. The molecule has 1 aromatic carbocycles. The van der Waals surface area contributed by atoms with Crippen LogP contribution in [0.4, 0.5) is 0 Å². The Labute approximate surface area is 178 Å². The van der Waals surface area contributed by atoms with E-state index in [0.717, 1.165) is 21.3 Å². The van der Waals surface area contributed by atoms with E-state index in [1.54, 1.807) is 37.7 Å². The first-order chi connectivity index (χ1) is 13.8. The topological polar surface area (TPSA) is 81.6 Å². The number of ether oxygens (including phenoxy) is 2. The standard InChI is InChI=1S/C19H21N3O4S3/c1-22(2)29(23,24)15-6-8-18(20-10-15)27-11-14-12-28-19(21-14)13-5-7-16(25-3)17(9-13)26-4/h5-10,12H,11H2,1-4H3. The highest BCUT2D eigenvalue weighted by atomic mass is 32.2. The highest BCUT2D eigenvalue weighted by Gasteiger charge is 2.17. The van der Waals surface area contributed by atoms with E-state index in [9.17, 15) is 8.42 Å². The first-order valence-electron chi connectivity index (χ1n) is 8.53. The van der Waals surface area contributed by atoms with Crippen molar-refractivity contribution >= 4 is 33.1 Å². The first kappa shape index (κ1) is 21.6. The minimum atomic E-state index is -3.47. The Kier molecular flexibility index (Phi) is 6.78. The minimum Gasteiger partial charge on any atom is -0.493 e. The third-order valence-corrected chi connectivity index (χ3v) is 7.75. The van der Waals surface area contributed by atoms with Crippen molar-refractivity contribution in [2.75, 3.05) is 28.3 Å². The zero-order valence-corrected chi connectivity index (χ0v) is 18.9. The van der Waals surface area contributed by atoms with Crippen LogP contribution in [-0.2, 0) is 15.8 Å². The van der Waals surface area contributed by atoms with Crippen LogP contribution >= 0.6 is 23.1 Å². The van der Waals surface area contributed by atoms with E-state index in [4.69, 9.17) is 9.47 Å². The summed E-state index contributed by atoms with van der Waals surface area (Å²) in [6.45, 7) is 0. The molecular formula is C19H21N3O4S3. The summed E-state index contributed by atoms with van der Waals surface area (Å²) in [5.74, 6) is 1.97. The van der Waals surface area contributed by atoms with Crippen molar-refractivity contribution in [2.45, 2.75) is 15.7 Å². The molecule has 0 aliphatic rings. The van der Waals surface area contributed by atoms with E-state index in [0.29, 0.717) is 17.3 Å². The number of hydrogen-bond acceptors (Lipinski definition) is 8. The Bertz CT molecular complexity index is 1080. The summed E-state index contributed by atoms with van der Waals surface area (Å²) >= 11 is 3.06. The van der Waals surface area contributed by atoms with Gasteiger partial charge in [0, 0.05) is 37.0 Å². The van der Waals surface area contributed by atoms with Gasteiger partial charge >= 0.3 is 0 Å². The van der Waals surface area contributed by atoms with Gasteiger partial charge in [0.05, 0.1) is 24.9 Å². The number of pyridine rings is 1. The van der Waals surface area contributed by atoms with E-state index in [1.807, 2.05) is 23.6 Å². The van der Waals surface area contributed by atoms with Crippen LogP contribution in [0.5, 0.6) is 11.5 Å². The van der Waals surface area contributed by atoms with E-state index >= 15 is 0 Å². The molecule has 0 bridgehead atoms. The lowest BCUT2D eigenvalue weighted by atomic mass is 10.2. The van der Waals surface area contributed by atoms with Gasteiger partial charge in [0.1, 0.15) is 9.90 Å². The lowest BCUT2D eigenvalue weighted by Gasteiger charge is -2.10. The average Bonchev–Trinajstić information content (AvgIpc) is 3.21. The molecule has 0 N–H and O–H groups in total. The van der Waals surface area contributed by atoms with Gasteiger partial charge in [-0.15, -0.1) is 23.1 Å². The fourth-order valence-electron chi connectivity index (χ4n) is 2.44. The minimum absolute atomic E-state index is 0.177. The van der Waals surface area contributed by atoms with Crippen molar-refractivity contribution in [1.82, 2.24) is 14.3 Å². The molecule has 0 saturated carbocycles. The normalized spacial score (nSPS) is 11.6. The molecule has 0 saturated heterocycles. The molecule has 0 unspecified atom stereocenters. The molecular weight excluding hydrogens is 430 g/mol. The van der Waals surface area contributed by atoms with Crippen LogP contribution in [-0.4, -0.2) is 51.0 Å². The number of thiazole rings is 1. The molecule has 10 heteroatoms. The number of rotatable bonds is 8. The second-order valence-electron chi connectivity index (χ2n) is 6.12. The SMILES string of the molecule is COc1ccc(-c2nc(CSc3ccc(S(=O)(=O)N(C)C)cn3)cs2)cc1OC. The maximum atomic E-state index is 12.1. The summed E-state index contributed by atoms with van der Waals surface area (Å²) in [5.41, 5.74) is 1.89. The predicted molar refractivity (Wildman–Crippen MR) is 115 cm³/mol. The van der Waals surface area contributed by atoms with E-state index in [1.165, 1.54) is 36.4 Å². The molecule has 0 aliphatic heterocycles. The molecule has 2 heterocycles. The van der Waals surface area contributed by atoms with E-state index < -0.39 is 10.0 Å². The quantitative estimate of drug-likeness (QED) is 0.482. The maximum absolute atomic E-state index is 12.1. The third-order valence-electron chi connectivity index (χ3n) is 4.04. The highest BCUT2D eigenvalue weighted by molar-refractivity contribution is 7.98. The number of benzene rings is 1. The number of sulfonamides is 1. The number of hydrogen-bond donors (Lipinski definition) is 0. The third kappa shape index (κ3) is 4.89. The van der Waals surface area contributed by atoms with Gasteiger partial charge in [-0.05, 0) is 30.3 Å². The largest absolute Gasteiger partial charge is 0.493 e. The van der Waals surface area contributed by atoms with Crippen molar-refractivity contribution in [3.8, 4) is 22.1 Å². The van der Waals surface area contributed by atoms with Crippen molar-refractivity contribution in [1.29, 1.82) is 0 Å². The summed E-state index contributed by atoms with van der Waals surface area (Å²) in [6, 6.07) is 8.99. The zero-order chi connectivity index (χ0) is 21.0. The van der Waals surface area contributed by atoms with Gasteiger partial charge < -0.3 is 9.47 Å². The summed E-state index contributed by atoms with van der Waals surface area (Å²) in [4.78, 5) is 9.11. The maximum Gasteiger partial charge on any atom is 0.244 e. The van der Waals surface area contributed by atoms with Gasteiger partial charge in [0.15, 0.2) is 11.5 Å². The Morgan fingerprint density at radius 1 is 1.10 bits per heavy atom. The molecule has 154 valence electrons. The molecule has 0 spiro atoms. The van der Waals surface area contributed by atoms with Crippen LogP contribution in [0.1, 0.15) is 5.69 Å². The number of aromatic nitrogens is 2. The summed E-state index contributed by atoms with van der Waals surface area (Å²) in [7, 11) is 2.73. The molecule has 0 atom stereocenters. The second-order valence-corrected chi connectivity index (χ2v) is 10.1. The second kappa shape index (κ2) is 9.12. The predicted octanol–water partition coefficient (Wildman–Crippen LogP) is 3.76. The van der Waals surface area contributed by atoms with Crippen molar-refractivity contribution in [3.63, 3.8) is 0 Å². The first-order valence-corrected chi connectivity index (χ1v) is 11.8. The van der Waals surface area contributed by atoms with Crippen LogP contribution < -0.4 is 9.47 Å². The van der Waals surface area contributed by atoms with Crippen molar-refractivity contribution < 1.29 is 17.9 Å².